The van der Waals surface area contributed by atoms with E-state index in [9.17, 15) is 19.2 Å². The van der Waals surface area contributed by atoms with E-state index in [-0.39, 0.29) is 22.2 Å². The molecule has 0 bridgehead atoms. The van der Waals surface area contributed by atoms with E-state index in [1.54, 1.807) is 13.2 Å². The van der Waals surface area contributed by atoms with Crippen molar-refractivity contribution < 1.29 is 4.74 Å². The van der Waals surface area contributed by atoms with Gasteiger partial charge in [0, 0.05) is 65.4 Å². The van der Waals surface area contributed by atoms with Crippen LogP contribution in [0.25, 0.3) is 26.3 Å². The fraction of sp³-hybridized carbons (Fsp3) is 0.261. The summed E-state index contributed by atoms with van der Waals surface area (Å²) in [5.74, 6) is 3.06. The number of ether oxygens (including phenoxy) is 1. The van der Waals surface area contributed by atoms with E-state index in [2.05, 4.69) is 236 Å². The molecule has 0 saturated carbocycles. The molecule has 0 unspecified atom stereocenters. The Morgan fingerprint density at radius 3 is 1.00 bits per heavy atom. The Morgan fingerprint density at radius 1 is 0.345 bits per heavy atom. The average molecular weight is 1630 g/mol. The molecule has 0 amide bonds. The lowest BCUT2D eigenvalue weighted by Crippen LogP contribution is -2.44. The summed E-state index contributed by atoms with van der Waals surface area (Å²) in [6.45, 7) is 40.4. The van der Waals surface area contributed by atoms with Crippen molar-refractivity contribution in [1.29, 1.82) is 0 Å². The highest BCUT2D eigenvalue weighted by molar-refractivity contribution is 6.42. The Balaban J connectivity index is 0.000000137. The molecule has 8 N–H and O–H groups in total. The molecule has 25 nitrogen and oxygen atoms in total. The van der Waals surface area contributed by atoms with Crippen LogP contribution in [0.5, 0.6) is 5.75 Å². The number of halogens is 2. The number of aromatic amines is 4. The number of methoxy groups -OCH3 is 1. The highest BCUT2D eigenvalue weighted by Gasteiger charge is 2.28. The number of hydrogen-bond donors (Lipinski definition) is 8. The molecule has 0 atom stereocenters. The van der Waals surface area contributed by atoms with Gasteiger partial charge in [0.2, 0.25) is 0 Å². The van der Waals surface area contributed by atoms with Crippen LogP contribution < -0.4 is 111 Å². The first-order valence-electron chi connectivity index (χ1n) is 39.6. The monoisotopic (exact) mass is 1630 g/mol. The molecule has 4 aliphatic rings. The second kappa shape index (κ2) is 38.2. The van der Waals surface area contributed by atoms with E-state index in [1.165, 1.54) is 33.4 Å². The quantitative estimate of drug-likeness (QED) is 0.0261. The SMILES string of the molecule is C=c1nc2c(c(=O)[nH]1)=Nc1cc(C)c(C)cc1N2CCNCCCc1ccccc1.C=c1nc2c(c(=O)[nH]1)=Nc1cc(C)c(C)cc1N2CCNCCc1ccccc1.C=c1nc2c(c(=O)[nH]1)=Nc1cc(C)c(C)cc1N2CCNCc1ccc(Cl)c(Cl)c1.C=c1nc2c(c(=O)[nH]1)=Nc1cc(C)c(C)cc1N2CCNCc1ccc(OC)cc1. The normalized spacial score (nSPS) is 12.3. The lowest BCUT2D eigenvalue weighted by Gasteiger charge is -2.28. The van der Waals surface area contributed by atoms with Gasteiger partial charge < -0.3 is 65.5 Å². The molecule has 0 aliphatic carbocycles. The van der Waals surface area contributed by atoms with Gasteiger partial charge in [-0.1, -0.05) is 128 Å². The van der Waals surface area contributed by atoms with E-state index in [1.807, 2.05) is 91.5 Å². The minimum atomic E-state index is -0.289. The zero-order valence-corrected chi connectivity index (χ0v) is 70.0. The van der Waals surface area contributed by atoms with Gasteiger partial charge in [0.1, 0.15) is 27.7 Å². The summed E-state index contributed by atoms with van der Waals surface area (Å²) in [5, 5.41) is 16.3. The van der Waals surface area contributed by atoms with E-state index >= 15 is 0 Å². The van der Waals surface area contributed by atoms with Crippen LogP contribution in [-0.2, 0) is 25.9 Å². The lowest BCUT2D eigenvalue weighted by molar-refractivity contribution is 0.414. The molecule has 4 aromatic heterocycles. The molecule has 8 aromatic carbocycles. The maximum absolute atomic E-state index is 12.5. The zero-order chi connectivity index (χ0) is 84.1. The minimum Gasteiger partial charge on any atom is -0.497 e. The average Bonchev–Trinajstić information content (AvgIpc) is 0.773. The fourth-order valence-electron chi connectivity index (χ4n) is 14.2. The van der Waals surface area contributed by atoms with Gasteiger partial charge >= 0.3 is 0 Å². The Kier molecular flexibility index (Phi) is 27.1. The molecule has 27 heteroatoms. The van der Waals surface area contributed by atoms with Gasteiger partial charge in [0.05, 0.1) is 62.7 Å². The molecular formula is C92H98Cl2N20O5. The van der Waals surface area contributed by atoms with Gasteiger partial charge in [-0.2, -0.15) is 0 Å². The summed E-state index contributed by atoms with van der Waals surface area (Å²) < 4.78 is 5.20. The first-order valence-corrected chi connectivity index (χ1v) is 40.4. The molecule has 16 rings (SSSR count). The fourth-order valence-corrected chi connectivity index (χ4v) is 14.5. The topological polar surface area (TPSA) is 303 Å². The molecule has 610 valence electrons. The number of benzene rings is 8. The number of fused-ring (bicyclic) bond motifs is 8. The summed E-state index contributed by atoms with van der Waals surface area (Å²) in [7, 11) is 1.66. The van der Waals surface area contributed by atoms with E-state index in [0.717, 1.165) is 137 Å². The third kappa shape index (κ3) is 20.3. The van der Waals surface area contributed by atoms with Crippen LogP contribution in [0.3, 0.4) is 0 Å². The first-order chi connectivity index (χ1) is 57.3. The van der Waals surface area contributed by atoms with Crippen molar-refractivity contribution in [2.24, 2.45) is 20.0 Å². The van der Waals surface area contributed by atoms with Gasteiger partial charge in [-0.05, 0) is 227 Å². The van der Waals surface area contributed by atoms with Crippen LogP contribution in [0.4, 0.5) is 68.8 Å². The minimum absolute atomic E-state index is 0.255. The second-order valence-electron chi connectivity index (χ2n) is 29.8. The predicted molar refractivity (Wildman–Crippen MR) is 478 cm³/mol. The van der Waals surface area contributed by atoms with Crippen molar-refractivity contribution in [2.75, 3.05) is 92.2 Å². The maximum atomic E-state index is 12.5. The third-order valence-corrected chi connectivity index (χ3v) is 21.9. The van der Waals surface area contributed by atoms with E-state index in [0.29, 0.717) is 122 Å². The van der Waals surface area contributed by atoms with Crippen LogP contribution in [0.15, 0.2) is 191 Å². The Labute approximate surface area is 698 Å². The molecule has 0 spiro atoms. The largest absolute Gasteiger partial charge is 0.497 e. The Bertz CT molecular complexity index is 6550. The molecule has 119 heavy (non-hydrogen) atoms. The smallest absolute Gasteiger partial charge is 0.279 e. The van der Waals surface area contributed by atoms with E-state index < -0.39 is 0 Å². The maximum Gasteiger partial charge on any atom is 0.279 e. The Hall–Kier alpha value is -12.6. The number of anilines is 8. The van der Waals surface area contributed by atoms with Gasteiger partial charge in [0.25, 0.3) is 22.2 Å². The highest BCUT2D eigenvalue weighted by atomic mass is 35.5. The lowest BCUT2D eigenvalue weighted by atomic mass is 10.1. The zero-order valence-electron chi connectivity index (χ0n) is 68.5. The standard InChI is InChI=1S/C24H27N5O.C23H25N5O2.C23H25N5O.C22H21Cl2N5O/c1-16-14-20-21(15-17(16)2)29(23-22(28-20)24(30)27-18(3)26-23)13-12-25-11-7-10-19-8-5-4-6-9-19;1-14-11-19-20(12-15(14)2)28(22-21(27-19)23(29)26-16(3)25-22)10-9-24-13-17-5-7-18(30-4)8-6-17;1-15-13-19-20(14-16(15)2)28(22-21(27-19)23(29)26-17(3)25-22)12-11-24-10-9-18-7-5-4-6-8-18;1-12-8-18-19(9-13(12)2)29(21-20(28-18)22(30)27-14(3)26-21)7-6-25-11-15-4-5-16(23)17(24)10-15/h4-6,8-9,14-15,25H,3,7,10-13H2,1-2H3,(H,27,30);5-8,11-12,24H,3,9-10,13H2,1-2,4H3,(H,26,29);4-8,13-14,24H,3,9-12H2,1-2H3,(H,26,29);4-5,8-10,25H,3,6-7,11H2,1-2H3,(H,27,30). The van der Waals surface area contributed by atoms with Crippen LogP contribution in [0.1, 0.15) is 73.2 Å². The van der Waals surface area contributed by atoms with Crippen molar-refractivity contribution in [2.45, 2.75) is 87.7 Å². The van der Waals surface area contributed by atoms with Crippen molar-refractivity contribution in [1.82, 2.24) is 61.1 Å². The van der Waals surface area contributed by atoms with Crippen molar-refractivity contribution in [3.8, 4) is 5.75 Å². The number of H-pyrrole nitrogens is 4. The summed E-state index contributed by atoms with van der Waals surface area (Å²) in [6, 6.07) is 51.0. The number of nitrogens with one attached hydrogen (secondary N) is 8. The summed E-state index contributed by atoms with van der Waals surface area (Å²) in [4.78, 5) is 105. The number of aromatic nitrogens is 8. The van der Waals surface area contributed by atoms with Crippen LogP contribution in [0.2, 0.25) is 10.0 Å². The molecule has 12 aromatic rings. The van der Waals surface area contributed by atoms with Crippen LogP contribution in [-0.4, -0.2) is 112 Å². The molecule has 4 aliphatic heterocycles. The number of nitrogens with zero attached hydrogens (tertiary/aromatic N) is 12. The highest BCUT2D eigenvalue weighted by Crippen LogP contribution is 2.40. The second-order valence-corrected chi connectivity index (χ2v) is 30.6. The molecule has 8 heterocycles. The number of hydrogen-bond acceptors (Lipinski definition) is 21. The van der Waals surface area contributed by atoms with Crippen molar-refractivity contribution in [3.05, 3.63) is 313 Å². The third-order valence-electron chi connectivity index (χ3n) is 21.1. The predicted octanol–water partition coefficient (Wildman–Crippen LogP) is 9.75. The van der Waals surface area contributed by atoms with Crippen LogP contribution in [0, 0.1) is 55.4 Å². The Morgan fingerprint density at radius 2 is 0.655 bits per heavy atom. The number of aryl methyl sites for hydroxylation is 9. The summed E-state index contributed by atoms with van der Waals surface area (Å²) in [5.41, 5.74) is 21.4. The van der Waals surface area contributed by atoms with Gasteiger partial charge in [0.15, 0.2) is 44.7 Å². The molecule has 0 radical (unpaired) electrons. The van der Waals surface area contributed by atoms with Gasteiger partial charge in [-0.15, -0.1) is 0 Å². The number of rotatable bonds is 24. The van der Waals surface area contributed by atoms with Crippen molar-refractivity contribution >= 4 is 118 Å². The molecular weight excluding hydrogens is 1540 g/mol. The van der Waals surface area contributed by atoms with Crippen molar-refractivity contribution in [3.63, 3.8) is 0 Å². The first kappa shape index (κ1) is 84.3. The summed E-state index contributed by atoms with van der Waals surface area (Å²) >= 11 is 12.1. The van der Waals surface area contributed by atoms with Crippen LogP contribution >= 0.6 is 23.2 Å². The van der Waals surface area contributed by atoms with E-state index in [4.69, 9.17) is 27.9 Å². The molecule has 0 saturated heterocycles. The van der Waals surface area contributed by atoms with Gasteiger partial charge in [-0.3, -0.25) is 19.2 Å². The molecule has 0 fully saturated rings. The summed E-state index contributed by atoms with van der Waals surface area (Å²) in [6.07, 6.45) is 3.11. The van der Waals surface area contributed by atoms with Gasteiger partial charge in [-0.25, -0.2) is 39.9 Å².